The van der Waals surface area contributed by atoms with Gasteiger partial charge in [0.2, 0.25) is 0 Å². The first-order valence-corrected chi connectivity index (χ1v) is 10.4. The second-order valence-electron chi connectivity index (χ2n) is 6.60. The van der Waals surface area contributed by atoms with E-state index >= 15 is 0 Å². The number of nitrogens with zero attached hydrogens (tertiary/aromatic N) is 1. The van der Waals surface area contributed by atoms with Gasteiger partial charge in [0.05, 0.1) is 15.8 Å². The summed E-state index contributed by atoms with van der Waals surface area (Å²) < 4.78 is 25.1. The second kappa shape index (κ2) is 7.29. The summed E-state index contributed by atoms with van der Waals surface area (Å²) in [4.78, 5) is 14.5. The summed E-state index contributed by atoms with van der Waals surface area (Å²) >= 11 is 6.02. The number of carbonyl (C=O) groups is 1. The molecule has 0 aliphatic carbocycles. The minimum absolute atomic E-state index is 0.146. The zero-order valence-electron chi connectivity index (χ0n) is 14.7. The summed E-state index contributed by atoms with van der Waals surface area (Å²) in [6.07, 6.45) is 0.718. The maximum absolute atomic E-state index is 12.7. The lowest BCUT2D eigenvalue weighted by Gasteiger charge is -2.29. The van der Waals surface area contributed by atoms with Crippen molar-refractivity contribution in [3.8, 4) is 0 Å². The zero-order chi connectivity index (χ0) is 18.9. The van der Waals surface area contributed by atoms with Gasteiger partial charge in [-0.1, -0.05) is 29.8 Å². The van der Waals surface area contributed by atoms with Gasteiger partial charge in [0.25, 0.3) is 0 Å². The van der Waals surface area contributed by atoms with Crippen LogP contribution in [0.1, 0.15) is 25.0 Å². The van der Waals surface area contributed by atoms with Crippen molar-refractivity contribution < 1.29 is 13.2 Å². The lowest BCUT2D eigenvalue weighted by Crippen LogP contribution is -2.39. The lowest BCUT2D eigenvalue weighted by atomic mass is 10.0. The van der Waals surface area contributed by atoms with Crippen LogP contribution < -0.4 is 5.32 Å². The molecule has 7 heteroatoms. The van der Waals surface area contributed by atoms with E-state index in [0.717, 1.165) is 17.5 Å². The van der Waals surface area contributed by atoms with Gasteiger partial charge in [0, 0.05) is 18.1 Å². The van der Waals surface area contributed by atoms with Gasteiger partial charge in [0.15, 0.2) is 9.84 Å². The summed E-state index contributed by atoms with van der Waals surface area (Å²) in [6, 6.07) is 11.9. The first-order valence-electron chi connectivity index (χ1n) is 8.45. The van der Waals surface area contributed by atoms with Gasteiger partial charge in [-0.2, -0.15) is 0 Å². The molecule has 1 N–H and O–H groups in total. The van der Waals surface area contributed by atoms with Crippen LogP contribution in [0.15, 0.2) is 47.4 Å². The first-order chi connectivity index (χ1) is 12.3. The number of benzene rings is 2. The molecule has 3 rings (SSSR count). The minimum atomic E-state index is -3.49. The molecule has 1 aliphatic rings. The number of para-hydroxylation sites is 1. The van der Waals surface area contributed by atoms with Crippen LogP contribution in [0, 0.1) is 0 Å². The van der Waals surface area contributed by atoms with Gasteiger partial charge < -0.3 is 10.2 Å². The second-order valence-corrected chi connectivity index (χ2v) is 9.51. The van der Waals surface area contributed by atoms with Gasteiger partial charge in [-0.05, 0) is 55.7 Å². The zero-order valence-corrected chi connectivity index (χ0v) is 16.3. The third-order valence-corrected chi connectivity index (χ3v) is 6.97. The maximum atomic E-state index is 12.7. The predicted octanol–water partition coefficient (Wildman–Crippen LogP) is 4.11. The number of rotatable bonds is 3. The molecule has 0 fully saturated rings. The highest BCUT2D eigenvalue weighted by atomic mass is 35.5. The van der Waals surface area contributed by atoms with E-state index in [1.165, 1.54) is 6.07 Å². The van der Waals surface area contributed by atoms with E-state index in [1.807, 2.05) is 18.2 Å². The van der Waals surface area contributed by atoms with Gasteiger partial charge >= 0.3 is 6.03 Å². The van der Waals surface area contributed by atoms with Gasteiger partial charge in [-0.3, -0.25) is 0 Å². The van der Waals surface area contributed by atoms with Crippen LogP contribution in [0.5, 0.6) is 0 Å². The van der Waals surface area contributed by atoms with Crippen molar-refractivity contribution in [1.82, 2.24) is 4.90 Å². The Kier molecular flexibility index (Phi) is 5.25. The van der Waals surface area contributed by atoms with Gasteiger partial charge in [-0.25, -0.2) is 13.2 Å². The minimum Gasteiger partial charge on any atom is -0.320 e. The quantitative estimate of drug-likeness (QED) is 0.854. The van der Waals surface area contributed by atoms with E-state index in [4.69, 9.17) is 11.6 Å². The Morgan fingerprint density at radius 3 is 2.62 bits per heavy atom. The molecule has 0 radical (unpaired) electrons. The van der Waals surface area contributed by atoms with Crippen LogP contribution in [0.25, 0.3) is 0 Å². The average Bonchev–Trinajstić information content (AvgIpc) is 2.61. The number of hydrogen-bond acceptors (Lipinski definition) is 3. The molecule has 5 nitrogen and oxygen atoms in total. The molecule has 2 aromatic rings. The molecule has 2 amide bonds. The van der Waals surface area contributed by atoms with E-state index in [1.54, 1.807) is 36.9 Å². The van der Waals surface area contributed by atoms with Crippen molar-refractivity contribution >= 4 is 33.2 Å². The maximum Gasteiger partial charge on any atom is 0.322 e. The summed E-state index contributed by atoms with van der Waals surface area (Å²) in [7, 11) is -3.49. The van der Waals surface area contributed by atoms with Crippen molar-refractivity contribution in [2.75, 3.05) is 11.9 Å². The number of nitrogens with one attached hydrogen (secondary N) is 1. The number of hydrogen-bond donors (Lipinski definition) is 1. The number of halogens is 1. The van der Waals surface area contributed by atoms with E-state index in [-0.39, 0.29) is 10.9 Å². The average molecular weight is 393 g/mol. The number of amides is 2. The Hall–Kier alpha value is -2.05. The molecular weight excluding hydrogens is 372 g/mol. The number of carbonyl (C=O) groups excluding carboxylic acids is 1. The Morgan fingerprint density at radius 1 is 1.15 bits per heavy atom. The molecule has 2 aromatic carbocycles. The van der Waals surface area contributed by atoms with E-state index in [0.29, 0.717) is 23.8 Å². The van der Waals surface area contributed by atoms with Crippen molar-refractivity contribution in [2.45, 2.75) is 37.0 Å². The third kappa shape index (κ3) is 3.71. The molecule has 138 valence electrons. The molecule has 0 atom stereocenters. The monoisotopic (exact) mass is 392 g/mol. The van der Waals surface area contributed by atoms with Crippen LogP contribution in [-0.4, -0.2) is 31.1 Å². The molecular formula is C19H21ClN2O3S. The van der Waals surface area contributed by atoms with E-state index < -0.39 is 15.1 Å². The molecule has 0 bridgehead atoms. The van der Waals surface area contributed by atoms with Gasteiger partial charge in [0.1, 0.15) is 0 Å². The summed E-state index contributed by atoms with van der Waals surface area (Å²) in [5.41, 5.74) is 2.51. The highest BCUT2D eigenvalue weighted by Gasteiger charge is 2.25. The Morgan fingerprint density at radius 2 is 1.88 bits per heavy atom. The SMILES string of the molecule is CC(C)S(=O)(=O)c1ccccc1NC(=O)N1CCc2cc(Cl)ccc2C1. The lowest BCUT2D eigenvalue weighted by molar-refractivity contribution is 0.206. The largest absolute Gasteiger partial charge is 0.322 e. The van der Waals surface area contributed by atoms with Crippen molar-refractivity contribution in [3.63, 3.8) is 0 Å². The smallest absolute Gasteiger partial charge is 0.320 e. The number of fused-ring (bicyclic) bond motifs is 1. The van der Waals surface area contributed by atoms with Crippen molar-refractivity contribution in [1.29, 1.82) is 0 Å². The van der Waals surface area contributed by atoms with Crippen LogP contribution in [0.2, 0.25) is 5.02 Å². The fourth-order valence-corrected chi connectivity index (χ4v) is 4.36. The molecule has 1 aliphatic heterocycles. The first kappa shape index (κ1) is 18.7. The van der Waals surface area contributed by atoms with E-state index in [9.17, 15) is 13.2 Å². The van der Waals surface area contributed by atoms with Crippen LogP contribution in [0.4, 0.5) is 10.5 Å². The summed E-state index contributed by atoms with van der Waals surface area (Å²) in [5, 5.41) is 2.89. The molecule has 0 unspecified atom stereocenters. The molecule has 0 aromatic heterocycles. The molecule has 0 saturated carbocycles. The molecule has 1 heterocycles. The van der Waals surface area contributed by atoms with Crippen LogP contribution in [0.3, 0.4) is 0 Å². The van der Waals surface area contributed by atoms with E-state index in [2.05, 4.69) is 5.32 Å². The Labute approximate surface area is 158 Å². The molecule has 26 heavy (non-hydrogen) atoms. The van der Waals surface area contributed by atoms with Crippen molar-refractivity contribution in [3.05, 3.63) is 58.6 Å². The fraction of sp³-hybridized carbons (Fsp3) is 0.316. The number of urea groups is 1. The Balaban J connectivity index is 1.81. The molecule has 0 spiro atoms. The third-order valence-electron chi connectivity index (χ3n) is 4.52. The topological polar surface area (TPSA) is 66.5 Å². The summed E-state index contributed by atoms with van der Waals surface area (Å²) in [6.45, 7) is 4.27. The summed E-state index contributed by atoms with van der Waals surface area (Å²) in [5.74, 6) is 0. The highest BCUT2D eigenvalue weighted by molar-refractivity contribution is 7.92. The van der Waals surface area contributed by atoms with Crippen LogP contribution >= 0.6 is 11.6 Å². The van der Waals surface area contributed by atoms with Crippen molar-refractivity contribution in [2.24, 2.45) is 0 Å². The Bertz CT molecular complexity index is 942. The number of sulfone groups is 1. The fourth-order valence-electron chi connectivity index (χ4n) is 2.96. The molecule has 0 saturated heterocycles. The highest BCUT2D eigenvalue weighted by Crippen LogP contribution is 2.27. The van der Waals surface area contributed by atoms with Crippen LogP contribution in [-0.2, 0) is 22.8 Å². The standard InChI is InChI=1S/C19H21ClN2O3S/c1-13(2)26(24,25)18-6-4-3-5-17(18)21-19(23)22-10-9-14-11-16(20)8-7-15(14)12-22/h3-8,11,13H,9-10,12H2,1-2H3,(H,21,23). The van der Waals surface area contributed by atoms with Gasteiger partial charge in [-0.15, -0.1) is 0 Å². The predicted molar refractivity (Wildman–Crippen MR) is 103 cm³/mol. The normalized spacial score (nSPS) is 14.2. The number of anilines is 1.